The highest BCUT2D eigenvalue weighted by atomic mass is 16.3. The van der Waals surface area contributed by atoms with Gasteiger partial charge in [0.05, 0.1) is 0 Å². The summed E-state index contributed by atoms with van der Waals surface area (Å²) < 4.78 is 5.87. The minimum absolute atomic E-state index is 0.493. The molecule has 0 aliphatic heterocycles. The summed E-state index contributed by atoms with van der Waals surface area (Å²) in [6.07, 6.45) is 6.04. The number of unbranched alkanes of at least 4 members (excludes halogenated alkanes) is 1. The smallest absolute Gasteiger partial charge is 0.198 e. The molecule has 2 heteroatoms. The predicted molar refractivity (Wildman–Crippen MR) is 71.2 cm³/mol. The molecule has 0 radical (unpaired) electrons. The third kappa shape index (κ3) is 2.87. The molecular formula is C15H21NO. The Balaban J connectivity index is 2.21. The first-order valence-electron chi connectivity index (χ1n) is 6.70. The highest BCUT2D eigenvalue weighted by Gasteiger charge is 2.16. The summed E-state index contributed by atoms with van der Waals surface area (Å²) in [7, 11) is 0. The number of aromatic nitrogens is 1. The summed E-state index contributed by atoms with van der Waals surface area (Å²) in [4.78, 5) is 4.62. The van der Waals surface area contributed by atoms with Crippen LogP contribution in [0.25, 0.3) is 11.1 Å². The molecule has 1 atom stereocenters. The maximum atomic E-state index is 5.87. The Kier molecular flexibility index (Phi) is 4.18. The van der Waals surface area contributed by atoms with Crippen LogP contribution in [-0.2, 0) is 0 Å². The van der Waals surface area contributed by atoms with E-state index in [0.717, 1.165) is 17.0 Å². The number of hydrogen-bond acceptors (Lipinski definition) is 2. The Morgan fingerprint density at radius 1 is 1.12 bits per heavy atom. The van der Waals surface area contributed by atoms with Gasteiger partial charge in [-0.15, -0.1) is 0 Å². The molecular weight excluding hydrogens is 210 g/mol. The average molecular weight is 231 g/mol. The number of fused-ring (bicyclic) bond motifs is 1. The zero-order valence-corrected chi connectivity index (χ0v) is 10.8. The van der Waals surface area contributed by atoms with Crippen LogP contribution in [0.15, 0.2) is 28.7 Å². The van der Waals surface area contributed by atoms with Crippen molar-refractivity contribution in [2.24, 2.45) is 0 Å². The van der Waals surface area contributed by atoms with Gasteiger partial charge in [0.1, 0.15) is 5.52 Å². The van der Waals surface area contributed by atoms with E-state index in [4.69, 9.17) is 4.42 Å². The first kappa shape index (κ1) is 12.2. The lowest BCUT2D eigenvalue weighted by Gasteiger charge is -2.10. The lowest BCUT2D eigenvalue weighted by molar-refractivity contribution is 0.422. The van der Waals surface area contributed by atoms with Crippen LogP contribution in [0.1, 0.15) is 57.8 Å². The Bertz CT molecular complexity index is 428. The molecule has 0 spiro atoms. The molecule has 1 aromatic carbocycles. The number of oxazole rings is 1. The molecule has 0 bridgehead atoms. The van der Waals surface area contributed by atoms with Crippen LogP contribution in [0.5, 0.6) is 0 Å². The van der Waals surface area contributed by atoms with E-state index in [-0.39, 0.29) is 0 Å². The maximum Gasteiger partial charge on any atom is 0.198 e. The molecule has 2 rings (SSSR count). The van der Waals surface area contributed by atoms with E-state index in [0.29, 0.717) is 5.92 Å². The summed E-state index contributed by atoms with van der Waals surface area (Å²) >= 11 is 0. The van der Waals surface area contributed by atoms with Crippen molar-refractivity contribution < 1.29 is 4.42 Å². The fourth-order valence-corrected chi connectivity index (χ4v) is 2.25. The van der Waals surface area contributed by atoms with Gasteiger partial charge >= 0.3 is 0 Å². The first-order chi connectivity index (χ1) is 8.35. The molecule has 0 saturated heterocycles. The second-order valence-electron chi connectivity index (χ2n) is 4.65. The van der Waals surface area contributed by atoms with Crippen LogP contribution < -0.4 is 0 Å². The lowest BCUT2D eigenvalue weighted by atomic mass is 9.97. The Hall–Kier alpha value is -1.31. The van der Waals surface area contributed by atoms with Crippen molar-refractivity contribution in [2.45, 2.75) is 51.9 Å². The molecule has 0 aliphatic rings. The van der Waals surface area contributed by atoms with Gasteiger partial charge in [0.2, 0.25) is 0 Å². The molecule has 2 aromatic rings. The molecule has 2 nitrogen and oxygen atoms in total. The fraction of sp³-hybridized carbons (Fsp3) is 0.533. The maximum absolute atomic E-state index is 5.87. The van der Waals surface area contributed by atoms with Gasteiger partial charge in [-0.3, -0.25) is 0 Å². The number of para-hydroxylation sites is 2. The Labute approximate surface area is 103 Å². The first-order valence-corrected chi connectivity index (χ1v) is 6.70. The highest BCUT2D eigenvalue weighted by molar-refractivity contribution is 5.72. The van der Waals surface area contributed by atoms with Crippen molar-refractivity contribution in [1.29, 1.82) is 0 Å². The predicted octanol–water partition coefficient (Wildman–Crippen LogP) is 4.90. The van der Waals surface area contributed by atoms with Crippen molar-refractivity contribution in [2.75, 3.05) is 0 Å². The van der Waals surface area contributed by atoms with Gasteiger partial charge in [0.25, 0.3) is 0 Å². The number of nitrogens with zero attached hydrogens (tertiary/aromatic N) is 1. The van der Waals surface area contributed by atoms with E-state index in [1.807, 2.05) is 24.3 Å². The number of benzene rings is 1. The van der Waals surface area contributed by atoms with Gasteiger partial charge in [-0.2, -0.15) is 0 Å². The standard InChI is InChI=1S/C15H21NO/c1-3-5-9-12(8-4-2)15-16-13-10-6-7-11-14(13)17-15/h6-7,10-12H,3-5,8-9H2,1-2H3. The summed E-state index contributed by atoms with van der Waals surface area (Å²) in [5, 5.41) is 0. The van der Waals surface area contributed by atoms with E-state index in [2.05, 4.69) is 18.8 Å². The van der Waals surface area contributed by atoms with E-state index >= 15 is 0 Å². The molecule has 0 fully saturated rings. The molecule has 1 unspecified atom stereocenters. The monoisotopic (exact) mass is 231 g/mol. The Morgan fingerprint density at radius 3 is 2.65 bits per heavy atom. The van der Waals surface area contributed by atoms with E-state index < -0.39 is 0 Å². The van der Waals surface area contributed by atoms with Crippen LogP contribution in [-0.4, -0.2) is 4.98 Å². The lowest BCUT2D eigenvalue weighted by Crippen LogP contribution is -1.98. The highest BCUT2D eigenvalue weighted by Crippen LogP contribution is 2.28. The Morgan fingerprint density at radius 2 is 1.94 bits per heavy atom. The van der Waals surface area contributed by atoms with Crippen molar-refractivity contribution in [3.63, 3.8) is 0 Å². The molecule has 0 amide bonds. The molecule has 1 aromatic heterocycles. The summed E-state index contributed by atoms with van der Waals surface area (Å²) in [5.74, 6) is 1.42. The third-order valence-electron chi connectivity index (χ3n) is 3.20. The summed E-state index contributed by atoms with van der Waals surface area (Å²) in [6, 6.07) is 8.02. The van der Waals surface area contributed by atoms with E-state index in [1.165, 1.54) is 32.1 Å². The fourth-order valence-electron chi connectivity index (χ4n) is 2.25. The van der Waals surface area contributed by atoms with E-state index in [1.54, 1.807) is 0 Å². The van der Waals surface area contributed by atoms with Crippen LogP contribution in [0.3, 0.4) is 0 Å². The van der Waals surface area contributed by atoms with Crippen molar-refractivity contribution in [1.82, 2.24) is 4.98 Å². The zero-order chi connectivity index (χ0) is 12.1. The van der Waals surface area contributed by atoms with Crippen LogP contribution in [0.2, 0.25) is 0 Å². The van der Waals surface area contributed by atoms with Crippen LogP contribution in [0, 0.1) is 0 Å². The second kappa shape index (κ2) is 5.85. The van der Waals surface area contributed by atoms with Crippen molar-refractivity contribution in [3.8, 4) is 0 Å². The van der Waals surface area contributed by atoms with Gasteiger partial charge in [-0.1, -0.05) is 45.2 Å². The second-order valence-corrected chi connectivity index (χ2v) is 4.65. The van der Waals surface area contributed by atoms with Crippen LogP contribution >= 0.6 is 0 Å². The molecule has 0 N–H and O–H groups in total. The van der Waals surface area contributed by atoms with Gasteiger partial charge in [-0.25, -0.2) is 4.98 Å². The molecule has 0 saturated carbocycles. The quantitative estimate of drug-likeness (QED) is 0.706. The van der Waals surface area contributed by atoms with Crippen molar-refractivity contribution in [3.05, 3.63) is 30.2 Å². The van der Waals surface area contributed by atoms with Crippen LogP contribution in [0.4, 0.5) is 0 Å². The molecule has 0 aliphatic carbocycles. The molecule has 92 valence electrons. The SMILES string of the molecule is CCCCC(CCC)c1nc2ccccc2o1. The van der Waals surface area contributed by atoms with Gasteiger partial charge in [0.15, 0.2) is 11.5 Å². The average Bonchev–Trinajstić information content (AvgIpc) is 2.78. The zero-order valence-electron chi connectivity index (χ0n) is 10.8. The molecule has 1 heterocycles. The minimum Gasteiger partial charge on any atom is -0.440 e. The summed E-state index contributed by atoms with van der Waals surface area (Å²) in [5.41, 5.74) is 1.90. The minimum atomic E-state index is 0.493. The van der Waals surface area contributed by atoms with Gasteiger partial charge in [0, 0.05) is 5.92 Å². The third-order valence-corrected chi connectivity index (χ3v) is 3.20. The van der Waals surface area contributed by atoms with Gasteiger partial charge < -0.3 is 4.42 Å². The largest absolute Gasteiger partial charge is 0.440 e. The number of hydrogen-bond donors (Lipinski definition) is 0. The molecule has 17 heavy (non-hydrogen) atoms. The van der Waals surface area contributed by atoms with Crippen molar-refractivity contribution >= 4 is 11.1 Å². The topological polar surface area (TPSA) is 26.0 Å². The summed E-state index contributed by atoms with van der Waals surface area (Å²) in [6.45, 7) is 4.46. The normalized spacial score (nSPS) is 13.1. The number of rotatable bonds is 6. The van der Waals surface area contributed by atoms with Gasteiger partial charge in [-0.05, 0) is 25.0 Å². The van der Waals surface area contributed by atoms with E-state index in [9.17, 15) is 0 Å².